The van der Waals surface area contributed by atoms with Gasteiger partial charge in [-0.15, -0.1) is 0 Å². The molecule has 0 atom stereocenters. The van der Waals surface area contributed by atoms with Gasteiger partial charge in [-0.2, -0.15) is 0 Å². The highest BCUT2D eigenvalue weighted by Gasteiger charge is 1.99. The molecule has 0 saturated heterocycles. The van der Waals surface area contributed by atoms with Crippen molar-refractivity contribution in [1.29, 1.82) is 0 Å². The lowest BCUT2D eigenvalue weighted by molar-refractivity contribution is 0.185. The number of nitrogens with one attached hydrogen (secondary N) is 1. The van der Waals surface area contributed by atoms with Crippen LogP contribution in [0.3, 0.4) is 0 Å². The molecule has 0 fully saturated rings. The van der Waals surface area contributed by atoms with Crippen molar-refractivity contribution in [2.45, 2.75) is 46.5 Å². The Labute approximate surface area is 77.3 Å². The summed E-state index contributed by atoms with van der Waals surface area (Å²) >= 11 is 0. The normalized spacial score (nSPS) is 11.0. The highest BCUT2D eigenvalue weighted by Crippen LogP contribution is 1.93. The molecule has 0 spiro atoms. The van der Waals surface area contributed by atoms with Crippen molar-refractivity contribution in [1.82, 2.24) is 10.4 Å². The molecule has 2 heteroatoms. The largest absolute Gasteiger partial charge is 0.255 e. The molecule has 0 rings (SSSR count). The molecule has 0 heterocycles. The van der Waals surface area contributed by atoms with Crippen LogP contribution in [0.15, 0.2) is 0 Å². The maximum atomic E-state index is 3.44. The molecule has 0 amide bonds. The van der Waals surface area contributed by atoms with Gasteiger partial charge in [0.1, 0.15) is 0 Å². The summed E-state index contributed by atoms with van der Waals surface area (Å²) in [5, 5.41) is 2.35. The van der Waals surface area contributed by atoms with Crippen molar-refractivity contribution in [3.05, 3.63) is 0 Å². The molecule has 0 aromatic heterocycles. The van der Waals surface area contributed by atoms with Gasteiger partial charge in [0.05, 0.1) is 0 Å². The van der Waals surface area contributed by atoms with Crippen LogP contribution in [0.1, 0.15) is 46.5 Å². The quantitative estimate of drug-likeness (QED) is 0.566. The molecule has 0 aromatic rings. The van der Waals surface area contributed by atoms with Gasteiger partial charge in [-0.1, -0.05) is 27.2 Å². The predicted molar refractivity (Wildman–Crippen MR) is 55.1 cm³/mol. The molecule has 2 nitrogen and oxygen atoms in total. The SMILES string of the molecule is CCCCN(CCC)NCCC. The Morgan fingerprint density at radius 1 is 0.917 bits per heavy atom. The molecular formula is C10H24N2. The zero-order valence-electron chi connectivity index (χ0n) is 8.90. The molecule has 0 unspecified atom stereocenters. The molecule has 0 aliphatic heterocycles. The van der Waals surface area contributed by atoms with E-state index in [1.165, 1.54) is 38.8 Å². The Morgan fingerprint density at radius 3 is 2.17 bits per heavy atom. The Balaban J connectivity index is 3.40. The van der Waals surface area contributed by atoms with Crippen molar-refractivity contribution in [3.63, 3.8) is 0 Å². The smallest absolute Gasteiger partial charge is 0.0130 e. The van der Waals surface area contributed by atoms with Crippen LogP contribution in [-0.4, -0.2) is 24.6 Å². The van der Waals surface area contributed by atoms with Crippen molar-refractivity contribution in [3.8, 4) is 0 Å². The van der Waals surface area contributed by atoms with Crippen LogP contribution in [-0.2, 0) is 0 Å². The van der Waals surface area contributed by atoms with Crippen LogP contribution < -0.4 is 5.43 Å². The van der Waals surface area contributed by atoms with Crippen molar-refractivity contribution in [2.75, 3.05) is 19.6 Å². The third-order valence-corrected chi connectivity index (χ3v) is 1.86. The molecule has 1 N–H and O–H groups in total. The summed E-state index contributed by atoms with van der Waals surface area (Å²) in [7, 11) is 0. The fraction of sp³-hybridized carbons (Fsp3) is 1.00. The fourth-order valence-electron chi connectivity index (χ4n) is 1.16. The first-order valence-electron chi connectivity index (χ1n) is 5.33. The minimum absolute atomic E-state index is 1.11. The zero-order valence-corrected chi connectivity index (χ0v) is 8.90. The topological polar surface area (TPSA) is 15.3 Å². The van der Waals surface area contributed by atoms with Gasteiger partial charge in [-0.25, -0.2) is 5.01 Å². The lowest BCUT2D eigenvalue weighted by Gasteiger charge is -2.22. The first-order chi connectivity index (χ1) is 5.85. The maximum Gasteiger partial charge on any atom is 0.0130 e. The van der Waals surface area contributed by atoms with Crippen molar-refractivity contribution in [2.24, 2.45) is 0 Å². The van der Waals surface area contributed by atoms with Crippen LogP contribution in [0.2, 0.25) is 0 Å². The standard InChI is InChI=1S/C10H24N2/c1-4-7-10-12(9-6-3)11-8-5-2/h11H,4-10H2,1-3H3. The number of hydrazine groups is 1. The van der Waals surface area contributed by atoms with Gasteiger partial charge in [0.25, 0.3) is 0 Å². The minimum atomic E-state index is 1.11. The van der Waals surface area contributed by atoms with Gasteiger partial charge in [0.2, 0.25) is 0 Å². The average molecular weight is 172 g/mol. The van der Waals surface area contributed by atoms with E-state index in [-0.39, 0.29) is 0 Å². The Kier molecular flexibility index (Phi) is 8.95. The Bertz CT molecular complexity index is 75.9. The minimum Gasteiger partial charge on any atom is -0.255 e. The van der Waals surface area contributed by atoms with Crippen LogP contribution in [0.5, 0.6) is 0 Å². The first-order valence-corrected chi connectivity index (χ1v) is 5.33. The van der Waals surface area contributed by atoms with Crippen LogP contribution in [0, 0.1) is 0 Å². The second kappa shape index (κ2) is 9.01. The Morgan fingerprint density at radius 2 is 1.67 bits per heavy atom. The van der Waals surface area contributed by atoms with Gasteiger partial charge in [-0.05, 0) is 19.3 Å². The number of nitrogens with zero attached hydrogens (tertiary/aromatic N) is 1. The van der Waals surface area contributed by atoms with Gasteiger partial charge in [0.15, 0.2) is 0 Å². The number of unbranched alkanes of at least 4 members (excludes halogenated alkanes) is 1. The second-order valence-electron chi connectivity index (χ2n) is 3.25. The molecular weight excluding hydrogens is 148 g/mol. The van der Waals surface area contributed by atoms with E-state index in [1.54, 1.807) is 0 Å². The van der Waals surface area contributed by atoms with E-state index in [9.17, 15) is 0 Å². The third-order valence-electron chi connectivity index (χ3n) is 1.86. The molecule has 0 bridgehead atoms. The molecule has 12 heavy (non-hydrogen) atoms. The van der Waals surface area contributed by atoms with Crippen molar-refractivity contribution < 1.29 is 0 Å². The molecule has 0 aliphatic rings. The van der Waals surface area contributed by atoms with E-state index < -0.39 is 0 Å². The van der Waals surface area contributed by atoms with Gasteiger partial charge in [0, 0.05) is 19.6 Å². The van der Waals surface area contributed by atoms with Crippen LogP contribution >= 0.6 is 0 Å². The highest BCUT2D eigenvalue weighted by molar-refractivity contribution is 4.50. The summed E-state index contributed by atoms with van der Waals surface area (Å²) in [6.07, 6.45) is 5.04. The van der Waals surface area contributed by atoms with Crippen molar-refractivity contribution >= 4 is 0 Å². The monoisotopic (exact) mass is 172 g/mol. The summed E-state index contributed by atoms with van der Waals surface area (Å²) in [6, 6.07) is 0. The van der Waals surface area contributed by atoms with E-state index in [2.05, 4.69) is 31.2 Å². The van der Waals surface area contributed by atoms with Gasteiger partial charge in [-0.3, -0.25) is 5.43 Å². The zero-order chi connectivity index (χ0) is 9.23. The van der Waals surface area contributed by atoms with E-state index in [1.807, 2.05) is 0 Å². The van der Waals surface area contributed by atoms with E-state index in [0.717, 1.165) is 6.54 Å². The predicted octanol–water partition coefficient (Wildman–Crippen LogP) is 2.41. The fourth-order valence-corrected chi connectivity index (χ4v) is 1.16. The second-order valence-corrected chi connectivity index (χ2v) is 3.25. The molecule has 74 valence electrons. The number of rotatable bonds is 8. The summed E-state index contributed by atoms with van der Waals surface area (Å²) < 4.78 is 0. The molecule has 0 radical (unpaired) electrons. The van der Waals surface area contributed by atoms with Crippen LogP contribution in [0.25, 0.3) is 0 Å². The van der Waals surface area contributed by atoms with E-state index in [0.29, 0.717) is 0 Å². The third kappa shape index (κ3) is 6.62. The molecule has 0 saturated carbocycles. The lowest BCUT2D eigenvalue weighted by atomic mass is 10.3. The average Bonchev–Trinajstić information content (AvgIpc) is 2.10. The summed E-state index contributed by atoms with van der Waals surface area (Å²) in [4.78, 5) is 0. The maximum absolute atomic E-state index is 3.44. The highest BCUT2D eigenvalue weighted by atomic mass is 15.5. The first kappa shape index (κ1) is 11.9. The number of hydrogen-bond acceptors (Lipinski definition) is 2. The Hall–Kier alpha value is -0.0800. The van der Waals surface area contributed by atoms with E-state index in [4.69, 9.17) is 0 Å². The summed E-state index contributed by atoms with van der Waals surface area (Å²) in [6.45, 7) is 10.2. The van der Waals surface area contributed by atoms with Gasteiger partial charge < -0.3 is 0 Å². The lowest BCUT2D eigenvalue weighted by Crippen LogP contribution is -2.39. The number of hydrogen-bond donors (Lipinski definition) is 1. The van der Waals surface area contributed by atoms with Gasteiger partial charge >= 0.3 is 0 Å². The van der Waals surface area contributed by atoms with Crippen LogP contribution in [0.4, 0.5) is 0 Å². The molecule has 0 aromatic carbocycles. The summed E-state index contributed by atoms with van der Waals surface area (Å²) in [5.41, 5.74) is 3.44. The summed E-state index contributed by atoms with van der Waals surface area (Å²) in [5.74, 6) is 0. The molecule has 0 aliphatic carbocycles. The van der Waals surface area contributed by atoms with E-state index >= 15 is 0 Å².